The van der Waals surface area contributed by atoms with Crippen molar-refractivity contribution < 1.29 is 30.7 Å². The molecule has 0 aromatic carbocycles. The summed E-state index contributed by atoms with van der Waals surface area (Å²) in [6, 6.07) is 0. The SMILES string of the molecule is CC1=C(Cl)C(C(F)(C(F)(F)F)C(F)(F)F)=CC(C)C1C. The van der Waals surface area contributed by atoms with Crippen molar-refractivity contribution in [2.75, 3.05) is 0 Å². The van der Waals surface area contributed by atoms with Gasteiger partial charge in [-0.15, -0.1) is 0 Å². The predicted octanol–water partition coefficient (Wildman–Crippen LogP) is 5.54. The quantitative estimate of drug-likeness (QED) is 0.555. The van der Waals surface area contributed by atoms with Crippen LogP contribution in [0, 0.1) is 11.8 Å². The van der Waals surface area contributed by atoms with Crippen LogP contribution in [0.4, 0.5) is 30.7 Å². The molecule has 1 aliphatic carbocycles. The Hall–Kier alpha value is -0.720. The fraction of sp³-hybridized carbons (Fsp3) is 0.667. The Bertz CT molecular complexity index is 441. The summed E-state index contributed by atoms with van der Waals surface area (Å²) in [6.07, 6.45) is -11.7. The summed E-state index contributed by atoms with van der Waals surface area (Å²) in [5, 5.41) is -0.812. The fourth-order valence-corrected chi connectivity index (χ4v) is 2.38. The molecule has 2 atom stereocenters. The zero-order chi connectivity index (χ0) is 16.1. The average molecular weight is 325 g/mol. The van der Waals surface area contributed by atoms with Crippen LogP contribution in [0.15, 0.2) is 22.3 Å². The topological polar surface area (TPSA) is 0 Å². The van der Waals surface area contributed by atoms with Gasteiger partial charge in [0.05, 0.1) is 0 Å². The first-order chi connectivity index (χ1) is 8.75. The summed E-state index contributed by atoms with van der Waals surface area (Å²) >= 11 is 5.56. The van der Waals surface area contributed by atoms with Crippen LogP contribution in [0.3, 0.4) is 0 Å². The van der Waals surface area contributed by atoms with Crippen molar-refractivity contribution in [3.8, 4) is 0 Å². The fourth-order valence-electron chi connectivity index (χ4n) is 2.02. The van der Waals surface area contributed by atoms with Gasteiger partial charge in [-0.3, -0.25) is 0 Å². The summed E-state index contributed by atoms with van der Waals surface area (Å²) < 4.78 is 90.1. The van der Waals surface area contributed by atoms with Crippen LogP contribution in [0.25, 0.3) is 0 Å². The van der Waals surface area contributed by atoms with E-state index in [0.29, 0.717) is 6.08 Å². The molecular weight excluding hydrogens is 313 g/mol. The second kappa shape index (κ2) is 4.93. The van der Waals surface area contributed by atoms with Gasteiger partial charge in [-0.2, -0.15) is 26.3 Å². The molecular formula is C12H12ClF7. The van der Waals surface area contributed by atoms with Crippen molar-refractivity contribution in [1.29, 1.82) is 0 Å². The molecule has 116 valence electrons. The van der Waals surface area contributed by atoms with Crippen LogP contribution >= 0.6 is 11.6 Å². The minimum Gasteiger partial charge on any atom is -0.218 e. The van der Waals surface area contributed by atoms with Gasteiger partial charge in [0.15, 0.2) is 0 Å². The van der Waals surface area contributed by atoms with E-state index in [4.69, 9.17) is 11.6 Å². The Balaban J connectivity index is 3.57. The lowest BCUT2D eigenvalue weighted by atomic mass is 9.78. The van der Waals surface area contributed by atoms with Crippen molar-refractivity contribution >= 4 is 11.6 Å². The highest BCUT2D eigenvalue weighted by atomic mass is 35.5. The molecule has 1 aliphatic rings. The van der Waals surface area contributed by atoms with Crippen molar-refractivity contribution in [1.82, 2.24) is 0 Å². The molecule has 0 nitrogen and oxygen atoms in total. The first kappa shape index (κ1) is 17.3. The second-order valence-electron chi connectivity index (χ2n) is 4.88. The first-order valence-electron chi connectivity index (χ1n) is 5.66. The third-order valence-corrected chi connectivity index (χ3v) is 4.14. The van der Waals surface area contributed by atoms with Gasteiger partial charge >= 0.3 is 18.0 Å². The number of halogens is 8. The highest BCUT2D eigenvalue weighted by molar-refractivity contribution is 6.32. The summed E-state index contributed by atoms with van der Waals surface area (Å²) in [7, 11) is 0. The van der Waals surface area contributed by atoms with E-state index < -0.39 is 34.5 Å². The van der Waals surface area contributed by atoms with E-state index in [9.17, 15) is 30.7 Å². The third kappa shape index (κ3) is 2.44. The lowest BCUT2D eigenvalue weighted by molar-refractivity contribution is -0.325. The number of rotatable bonds is 1. The van der Waals surface area contributed by atoms with Gasteiger partial charge in [0.1, 0.15) is 0 Å². The molecule has 8 heteroatoms. The van der Waals surface area contributed by atoms with E-state index in [0.717, 1.165) is 0 Å². The summed E-state index contributed by atoms with van der Waals surface area (Å²) in [5.74, 6) is -1.05. The summed E-state index contributed by atoms with van der Waals surface area (Å²) in [5.41, 5.74) is -6.93. The number of alkyl halides is 7. The van der Waals surface area contributed by atoms with Crippen LogP contribution in [0.2, 0.25) is 0 Å². The lowest BCUT2D eigenvalue weighted by Crippen LogP contribution is -2.55. The van der Waals surface area contributed by atoms with E-state index in [1.54, 1.807) is 6.92 Å². The molecule has 1 rings (SSSR count). The predicted molar refractivity (Wildman–Crippen MR) is 60.9 cm³/mol. The molecule has 0 radical (unpaired) electrons. The zero-order valence-corrected chi connectivity index (χ0v) is 11.5. The van der Waals surface area contributed by atoms with Gasteiger partial charge in [0.2, 0.25) is 0 Å². The maximum absolute atomic E-state index is 14.0. The van der Waals surface area contributed by atoms with Crippen LogP contribution in [-0.2, 0) is 0 Å². The molecule has 0 bridgehead atoms. The summed E-state index contributed by atoms with van der Waals surface area (Å²) in [6.45, 7) is 4.30. The van der Waals surface area contributed by atoms with Crippen molar-refractivity contribution in [3.63, 3.8) is 0 Å². The molecule has 0 N–H and O–H groups in total. The Morgan fingerprint density at radius 2 is 1.35 bits per heavy atom. The molecule has 0 saturated heterocycles. The molecule has 0 amide bonds. The van der Waals surface area contributed by atoms with E-state index in [1.807, 2.05) is 0 Å². The normalized spacial score (nSPS) is 25.9. The molecule has 0 aliphatic heterocycles. The van der Waals surface area contributed by atoms with Gasteiger partial charge in [0, 0.05) is 10.6 Å². The lowest BCUT2D eigenvalue weighted by Gasteiger charge is -2.36. The highest BCUT2D eigenvalue weighted by Crippen LogP contribution is 2.55. The molecule has 0 spiro atoms. The van der Waals surface area contributed by atoms with E-state index in [1.165, 1.54) is 13.8 Å². The van der Waals surface area contributed by atoms with Crippen LogP contribution in [0.1, 0.15) is 20.8 Å². The van der Waals surface area contributed by atoms with E-state index in [2.05, 4.69) is 0 Å². The van der Waals surface area contributed by atoms with Gasteiger partial charge in [-0.05, 0) is 18.8 Å². The van der Waals surface area contributed by atoms with Gasteiger partial charge < -0.3 is 0 Å². The largest absolute Gasteiger partial charge is 0.435 e. The van der Waals surface area contributed by atoms with Crippen LogP contribution in [-0.4, -0.2) is 18.0 Å². The van der Waals surface area contributed by atoms with Crippen LogP contribution in [0.5, 0.6) is 0 Å². The molecule has 0 saturated carbocycles. The monoisotopic (exact) mass is 324 g/mol. The molecule has 0 aromatic heterocycles. The number of hydrogen-bond acceptors (Lipinski definition) is 0. The van der Waals surface area contributed by atoms with Crippen LogP contribution < -0.4 is 0 Å². The molecule has 0 fully saturated rings. The Kier molecular flexibility index (Phi) is 4.27. The average Bonchev–Trinajstić information content (AvgIpc) is 2.27. The highest BCUT2D eigenvalue weighted by Gasteiger charge is 2.75. The smallest absolute Gasteiger partial charge is 0.218 e. The Morgan fingerprint density at radius 1 is 0.950 bits per heavy atom. The van der Waals surface area contributed by atoms with Crippen molar-refractivity contribution in [2.45, 2.75) is 38.8 Å². The minimum atomic E-state index is -6.14. The first-order valence-corrected chi connectivity index (χ1v) is 6.04. The number of hydrogen-bond donors (Lipinski definition) is 0. The van der Waals surface area contributed by atoms with Gasteiger partial charge in [0.25, 0.3) is 0 Å². The summed E-state index contributed by atoms with van der Waals surface area (Å²) in [4.78, 5) is 0. The molecule has 20 heavy (non-hydrogen) atoms. The standard InChI is InChI=1S/C12H12ClF7/c1-5-4-8(9(13)7(3)6(5)2)10(14,11(15,16)17)12(18,19)20/h4-6H,1-3H3. The van der Waals surface area contributed by atoms with Crippen molar-refractivity contribution in [2.24, 2.45) is 11.8 Å². The zero-order valence-electron chi connectivity index (χ0n) is 10.8. The minimum absolute atomic E-state index is 0.104. The maximum Gasteiger partial charge on any atom is 0.435 e. The Labute approximate surface area is 116 Å². The van der Waals surface area contributed by atoms with E-state index in [-0.39, 0.29) is 11.5 Å². The maximum atomic E-state index is 14.0. The number of allylic oxidation sites excluding steroid dienone is 4. The van der Waals surface area contributed by atoms with Gasteiger partial charge in [-0.25, -0.2) is 4.39 Å². The molecule has 2 unspecified atom stereocenters. The second-order valence-corrected chi connectivity index (χ2v) is 5.26. The third-order valence-electron chi connectivity index (χ3n) is 3.64. The molecule has 0 aromatic rings. The van der Waals surface area contributed by atoms with E-state index >= 15 is 0 Å². The Morgan fingerprint density at radius 3 is 1.70 bits per heavy atom. The van der Waals surface area contributed by atoms with Gasteiger partial charge in [-0.1, -0.05) is 37.1 Å². The van der Waals surface area contributed by atoms with Crippen molar-refractivity contribution in [3.05, 3.63) is 22.3 Å². The molecule has 0 heterocycles.